The molecule has 0 heterocycles. The van der Waals surface area contributed by atoms with Gasteiger partial charge >= 0.3 is 0 Å². The number of carbonyl (C=O) groups is 1. The van der Waals surface area contributed by atoms with Crippen molar-refractivity contribution in [1.29, 1.82) is 0 Å². The number of halogens is 2. The lowest BCUT2D eigenvalue weighted by molar-refractivity contribution is -0.124. The molecule has 0 spiro atoms. The van der Waals surface area contributed by atoms with Crippen molar-refractivity contribution in [2.24, 2.45) is 5.73 Å². The SMILES string of the molecule is COCC(N)C(=O)NCC1(N(C)C)CCCC1.Cl.Cl. The summed E-state index contributed by atoms with van der Waals surface area (Å²) in [7, 11) is 5.70. The predicted octanol–water partition coefficient (Wildman–Crippen LogP) is 0.794. The molecule has 0 bridgehead atoms. The van der Waals surface area contributed by atoms with E-state index >= 15 is 0 Å². The van der Waals surface area contributed by atoms with Crippen LogP contribution >= 0.6 is 24.8 Å². The van der Waals surface area contributed by atoms with Gasteiger partial charge in [-0.3, -0.25) is 4.79 Å². The molecule has 0 aromatic carbocycles. The standard InChI is InChI=1S/C12H25N3O2.2ClH/c1-15(2)12(6-4-5-7-12)9-14-11(16)10(13)8-17-3;;/h10H,4-9,13H2,1-3H3,(H,14,16);2*1H. The molecule has 0 aliphatic heterocycles. The molecule has 1 amide bonds. The summed E-state index contributed by atoms with van der Waals surface area (Å²) in [6, 6.07) is -0.569. The zero-order valence-corrected chi connectivity index (χ0v) is 13.6. The molecule has 5 nitrogen and oxygen atoms in total. The predicted molar refractivity (Wildman–Crippen MR) is 82.2 cm³/mol. The molecule has 0 aromatic rings. The van der Waals surface area contributed by atoms with E-state index in [1.807, 2.05) is 0 Å². The van der Waals surface area contributed by atoms with Gasteiger partial charge in [-0.05, 0) is 26.9 Å². The number of ether oxygens (including phenoxy) is 1. The van der Waals surface area contributed by atoms with E-state index in [1.54, 1.807) is 7.11 Å². The molecule has 1 fully saturated rings. The quantitative estimate of drug-likeness (QED) is 0.760. The third kappa shape index (κ3) is 5.83. The average Bonchev–Trinajstić information content (AvgIpc) is 2.76. The van der Waals surface area contributed by atoms with Crippen LogP contribution in [0.4, 0.5) is 0 Å². The molecular weight excluding hydrogens is 289 g/mol. The molecule has 0 aromatic heterocycles. The van der Waals surface area contributed by atoms with Crippen molar-refractivity contribution >= 4 is 30.7 Å². The van der Waals surface area contributed by atoms with Crippen molar-refractivity contribution in [1.82, 2.24) is 10.2 Å². The largest absolute Gasteiger partial charge is 0.383 e. The summed E-state index contributed by atoms with van der Waals surface area (Å²) in [5, 5.41) is 2.95. The van der Waals surface area contributed by atoms with Gasteiger partial charge in [0.1, 0.15) is 6.04 Å². The van der Waals surface area contributed by atoms with Crippen LogP contribution in [0.3, 0.4) is 0 Å². The van der Waals surface area contributed by atoms with Gasteiger partial charge in [-0.1, -0.05) is 12.8 Å². The highest BCUT2D eigenvalue weighted by Gasteiger charge is 2.36. The molecule has 1 rings (SSSR count). The lowest BCUT2D eigenvalue weighted by Gasteiger charge is -2.36. The number of nitrogens with two attached hydrogens (primary N) is 1. The van der Waals surface area contributed by atoms with Gasteiger partial charge in [0.15, 0.2) is 0 Å². The number of amides is 1. The van der Waals surface area contributed by atoms with Crippen LogP contribution in [0.15, 0.2) is 0 Å². The van der Waals surface area contributed by atoms with Crippen LogP contribution in [0.1, 0.15) is 25.7 Å². The lowest BCUT2D eigenvalue weighted by Crippen LogP contribution is -2.54. The van der Waals surface area contributed by atoms with Crippen molar-refractivity contribution in [3.8, 4) is 0 Å². The fraction of sp³-hybridized carbons (Fsp3) is 0.917. The van der Waals surface area contributed by atoms with Gasteiger partial charge in [-0.2, -0.15) is 0 Å². The molecule has 3 N–H and O–H groups in total. The molecule has 7 heteroatoms. The Kier molecular flexibility index (Phi) is 10.9. The number of nitrogens with one attached hydrogen (secondary N) is 1. The molecule has 1 unspecified atom stereocenters. The number of carbonyl (C=O) groups excluding carboxylic acids is 1. The van der Waals surface area contributed by atoms with Gasteiger partial charge in [-0.25, -0.2) is 0 Å². The molecular formula is C12H27Cl2N3O2. The van der Waals surface area contributed by atoms with E-state index in [0.717, 1.165) is 12.8 Å². The Morgan fingerprint density at radius 2 is 1.89 bits per heavy atom. The van der Waals surface area contributed by atoms with Crippen molar-refractivity contribution in [3.05, 3.63) is 0 Å². The summed E-state index contributed by atoms with van der Waals surface area (Å²) in [4.78, 5) is 13.9. The normalized spacial score (nSPS) is 18.4. The van der Waals surface area contributed by atoms with E-state index in [2.05, 4.69) is 24.3 Å². The Bertz CT molecular complexity index is 259. The van der Waals surface area contributed by atoms with Gasteiger partial charge in [0.2, 0.25) is 5.91 Å². The summed E-state index contributed by atoms with van der Waals surface area (Å²) in [5.41, 5.74) is 5.79. The summed E-state index contributed by atoms with van der Waals surface area (Å²) in [6.45, 7) is 0.942. The number of hydrogen-bond acceptors (Lipinski definition) is 4. The Hall–Kier alpha value is -0.0700. The number of rotatable bonds is 6. The van der Waals surface area contributed by atoms with Crippen LogP contribution in [0, 0.1) is 0 Å². The van der Waals surface area contributed by atoms with Crippen LogP contribution in [0.5, 0.6) is 0 Å². The highest BCUT2D eigenvalue weighted by molar-refractivity contribution is 5.85. The van der Waals surface area contributed by atoms with Crippen molar-refractivity contribution in [2.75, 3.05) is 34.4 Å². The molecule has 1 aliphatic rings. The van der Waals surface area contributed by atoms with Crippen LogP contribution in [-0.4, -0.2) is 56.7 Å². The zero-order chi connectivity index (χ0) is 12.9. The molecule has 116 valence electrons. The number of hydrogen-bond donors (Lipinski definition) is 2. The van der Waals surface area contributed by atoms with Crippen LogP contribution < -0.4 is 11.1 Å². The van der Waals surface area contributed by atoms with E-state index in [1.165, 1.54) is 12.8 Å². The first-order valence-electron chi connectivity index (χ1n) is 6.21. The average molecular weight is 316 g/mol. The fourth-order valence-corrected chi connectivity index (χ4v) is 2.45. The summed E-state index contributed by atoms with van der Waals surface area (Å²) in [6.07, 6.45) is 4.75. The Balaban J connectivity index is 0. The summed E-state index contributed by atoms with van der Waals surface area (Å²) < 4.78 is 4.87. The van der Waals surface area contributed by atoms with E-state index in [-0.39, 0.29) is 42.9 Å². The minimum atomic E-state index is -0.569. The van der Waals surface area contributed by atoms with Crippen molar-refractivity contribution < 1.29 is 9.53 Å². The summed E-state index contributed by atoms with van der Waals surface area (Å²) >= 11 is 0. The minimum absolute atomic E-state index is 0. The molecule has 1 aliphatic carbocycles. The Morgan fingerprint density at radius 3 is 2.32 bits per heavy atom. The van der Waals surface area contributed by atoms with E-state index < -0.39 is 6.04 Å². The first-order valence-corrected chi connectivity index (χ1v) is 6.21. The van der Waals surface area contributed by atoms with Crippen molar-refractivity contribution in [3.63, 3.8) is 0 Å². The highest BCUT2D eigenvalue weighted by Crippen LogP contribution is 2.32. The van der Waals surface area contributed by atoms with Gasteiger partial charge in [-0.15, -0.1) is 24.8 Å². The Labute approximate surface area is 128 Å². The van der Waals surface area contributed by atoms with Crippen molar-refractivity contribution in [2.45, 2.75) is 37.3 Å². The van der Waals surface area contributed by atoms with Crippen LogP contribution in [-0.2, 0) is 9.53 Å². The molecule has 19 heavy (non-hydrogen) atoms. The minimum Gasteiger partial charge on any atom is -0.383 e. The fourth-order valence-electron chi connectivity index (χ4n) is 2.45. The molecule has 0 saturated heterocycles. The van der Waals surface area contributed by atoms with Gasteiger partial charge in [0.25, 0.3) is 0 Å². The molecule has 0 radical (unpaired) electrons. The summed E-state index contributed by atoms with van der Waals surface area (Å²) in [5.74, 6) is -0.125. The number of nitrogens with zero attached hydrogens (tertiary/aromatic N) is 1. The van der Waals surface area contributed by atoms with Crippen LogP contribution in [0.2, 0.25) is 0 Å². The zero-order valence-electron chi connectivity index (χ0n) is 12.0. The first-order chi connectivity index (χ1) is 8.02. The van der Waals surface area contributed by atoms with E-state index in [9.17, 15) is 4.79 Å². The maximum Gasteiger partial charge on any atom is 0.239 e. The van der Waals surface area contributed by atoms with E-state index in [4.69, 9.17) is 10.5 Å². The number of likely N-dealkylation sites (N-methyl/N-ethyl adjacent to an activating group) is 1. The maximum absolute atomic E-state index is 11.7. The Morgan fingerprint density at radius 1 is 1.37 bits per heavy atom. The molecule has 1 atom stereocenters. The van der Waals surface area contributed by atoms with Crippen LogP contribution in [0.25, 0.3) is 0 Å². The highest BCUT2D eigenvalue weighted by atomic mass is 35.5. The van der Waals surface area contributed by atoms with Gasteiger partial charge in [0, 0.05) is 19.2 Å². The third-order valence-corrected chi connectivity index (χ3v) is 3.76. The maximum atomic E-state index is 11.7. The number of methoxy groups -OCH3 is 1. The smallest absolute Gasteiger partial charge is 0.239 e. The van der Waals surface area contributed by atoms with Gasteiger partial charge < -0.3 is 20.7 Å². The second kappa shape index (κ2) is 9.77. The van der Waals surface area contributed by atoms with Gasteiger partial charge in [0.05, 0.1) is 6.61 Å². The topological polar surface area (TPSA) is 67.6 Å². The second-order valence-electron chi connectivity index (χ2n) is 5.11. The van der Waals surface area contributed by atoms with E-state index in [0.29, 0.717) is 6.54 Å². The monoisotopic (exact) mass is 315 g/mol. The first kappa shape index (κ1) is 21.2. The second-order valence-corrected chi connectivity index (χ2v) is 5.11. The molecule has 1 saturated carbocycles. The third-order valence-electron chi connectivity index (χ3n) is 3.76. The lowest BCUT2D eigenvalue weighted by atomic mass is 9.96.